The van der Waals surface area contributed by atoms with Gasteiger partial charge >= 0.3 is 0 Å². The average Bonchev–Trinajstić information content (AvgIpc) is 1.83. The van der Waals surface area contributed by atoms with Crippen LogP contribution in [0.25, 0.3) is 0 Å². The van der Waals surface area contributed by atoms with Crippen molar-refractivity contribution in [1.29, 1.82) is 0 Å². The standard InChI is InChI=1S/C8H15N/c1-6-4-3-5-7(2)8(6)9/h4,7-8H,3,5,9H2,1-2H3. The van der Waals surface area contributed by atoms with E-state index in [4.69, 9.17) is 5.73 Å². The molecule has 0 aromatic rings. The van der Waals surface area contributed by atoms with Crippen LogP contribution in [0.15, 0.2) is 11.6 Å². The van der Waals surface area contributed by atoms with Crippen LogP contribution in [0.4, 0.5) is 0 Å². The molecule has 0 saturated carbocycles. The van der Waals surface area contributed by atoms with Crippen molar-refractivity contribution in [3.05, 3.63) is 11.6 Å². The van der Waals surface area contributed by atoms with E-state index < -0.39 is 0 Å². The highest BCUT2D eigenvalue weighted by Crippen LogP contribution is 2.21. The minimum absolute atomic E-state index is 0.332. The summed E-state index contributed by atoms with van der Waals surface area (Å²) in [7, 11) is 0. The van der Waals surface area contributed by atoms with Gasteiger partial charge in [-0.15, -0.1) is 0 Å². The van der Waals surface area contributed by atoms with Gasteiger partial charge in [0.15, 0.2) is 0 Å². The molecule has 1 nitrogen and oxygen atoms in total. The molecule has 0 spiro atoms. The molecule has 0 aromatic carbocycles. The summed E-state index contributed by atoms with van der Waals surface area (Å²) in [5.41, 5.74) is 7.22. The highest BCUT2D eigenvalue weighted by Gasteiger charge is 2.16. The van der Waals surface area contributed by atoms with Gasteiger partial charge in [-0.1, -0.05) is 18.6 Å². The van der Waals surface area contributed by atoms with E-state index in [2.05, 4.69) is 19.9 Å². The third-order valence-electron chi connectivity index (χ3n) is 2.23. The highest BCUT2D eigenvalue weighted by atomic mass is 14.7. The van der Waals surface area contributed by atoms with Crippen molar-refractivity contribution in [3.8, 4) is 0 Å². The predicted molar refractivity (Wildman–Crippen MR) is 40.1 cm³/mol. The van der Waals surface area contributed by atoms with Gasteiger partial charge in [0.2, 0.25) is 0 Å². The number of nitrogens with two attached hydrogens (primary N) is 1. The van der Waals surface area contributed by atoms with Gasteiger partial charge in [-0.05, 0) is 25.7 Å². The molecule has 0 fully saturated rings. The third-order valence-corrected chi connectivity index (χ3v) is 2.23. The molecule has 1 aliphatic carbocycles. The lowest BCUT2D eigenvalue weighted by Gasteiger charge is -2.24. The van der Waals surface area contributed by atoms with Gasteiger partial charge in [-0.2, -0.15) is 0 Å². The van der Waals surface area contributed by atoms with Gasteiger partial charge in [-0.25, -0.2) is 0 Å². The van der Waals surface area contributed by atoms with E-state index in [0.717, 1.165) is 0 Å². The second-order valence-corrected chi connectivity index (χ2v) is 3.03. The van der Waals surface area contributed by atoms with Crippen molar-refractivity contribution in [1.82, 2.24) is 0 Å². The molecule has 0 aromatic heterocycles. The summed E-state index contributed by atoms with van der Waals surface area (Å²) in [6.07, 6.45) is 4.74. The van der Waals surface area contributed by atoms with E-state index in [0.29, 0.717) is 12.0 Å². The van der Waals surface area contributed by atoms with Crippen molar-refractivity contribution >= 4 is 0 Å². The number of hydrogen-bond acceptors (Lipinski definition) is 1. The topological polar surface area (TPSA) is 26.0 Å². The number of rotatable bonds is 0. The first-order valence-corrected chi connectivity index (χ1v) is 3.64. The second kappa shape index (κ2) is 2.53. The molecule has 0 bridgehead atoms. The molecule has 2 atom stereocenters. The first-order chi connectivity index (χ1) is 4.22. The molecule has 2 unspecified atom stereocenters. The van der Waals surface area contributed by atoms with Crippen LogP contribution in [-0.2, 0) is 0 Å². The van der Waals surface area contributed by atoms with Gasteiger partial charge in [0.05, 0.1) is 0 Å². The van der Waals surface area contributed by atoms with Crippen molar-refractivity contribution < 1.29 is 0 Å². The van der Waals surface area contributed by atoms with Crippen LogP contribution in [0.1, 0.15) is 26.7 Å². The number of allylic oxidation sites excluding steroid dienone is 1. The normalized spacial score (nSPS) is 36.1. The molecule has 0 radical (unpaired) electrons. The van der Waals surface area contributed by atoms with Gasteiger partial charge in [0.25, 0.3) is 0 Å². The Morgan fingerprint density at radius 3 is 2.78 bits per heavy atom. The largest absolute Gasteiger partial charge is 0.324 e. The lowest BCUT2D eigenvalue weighted by molar-refractivity contribution is 0.448. The monoisotopic (exact) mass is 125 g/mol. The molecule has 9 heavy (non-hydrogen) atoms. The SMILES string of the molecule is CC1=CCCC(C)C1N. The molecular formula is C8H15N. The van der Waals surface area contributed by atoms with E-state index in [1.54, 1.807) is 0 Å². The fourth-order valence-electron chi connectivity index (χ4n) is 1.34. The Morgan fingerprint density at radius 1 is 1.67 bits per heavy atom. The van der Waals surface area contributed by atoms with Crippen LogP contribution in [0, 0.1) is 5.92 Å². The lowest BCUT2D eigenvalue weighted by Crippen LogP contribution is -2.31. The minimum atomic E-state index is 0.332. The molecular weight excluding hydrogens is 110 g/mol. The Morgan fingerprint density at radius 2 is 2.33 bits per heavy atom. The number of hydrogen-bond donors (Lipinski definition) is 1. The second-order valence-electron chi connectivity index (χ2n) is 3.03. The summed E-state index contributed by atoms with van der Waals surface area (Å²) in [4.78, 5) is 0. The molecule has 0 heterocycles. The fraction of sp³-hybridized carbons (Fsp3) is 0.750. The van der Waals surface area contributed by atoms with Gasteiger partial charge in [0, 0.05) is 6.04 Å². The van der Waals surface area contributed by atoms with E-state index in [-0.39, 0.29) is 0 Å². The van der Waals surface area contributed by atoms with Crippen molar-refractivity contribution in [3.63, 3.8) is 0 Å². The van der Waals surface area contributed by atoms with Gasteiger partial charge in [0.1, 0.15) is 0 Å². The molecule has 2 N–H and O–H groups in total. The summed E-state index contributed by atoms with van der Waals surface area (Å²) in [5.74, 6) is 0.690. The minimum Gasteiger partial charge on any atom is -0.324 e. The van der Waals surface area contributed by atoms with Crippen LogP contribution in [0.3, 0.4) is 0 Å². The van der Waals surface area contributed by atoms with Crippen LogP contribution >= 0.6 is 0 Å². The summed E-state index contributed by atoms with van der Waals surface area (Å²) in [6, 6.07) is 0.332. The van der Waals surface area contributed by atoms with Gasteiger partial charge in [-0.3, -0.25) is 0 Å². The molecule has 1 aliphatic rings. The molecule has 52 valence electrons. The third kappa shape index (κ3) is 1.33. The molecule has 0 aliphatic heterocycles. The zero-order chi connectivity index (χ0) is 6.85. The fourth-order valence-corrected chi connectivity index (χ4v) is 1.34. The Balaban J connectivity index is 2.62. The van der Waals surface area contributed by atoms with Crippen LogP contribution in [0.2, 0.25) is 0 Å². The molecule has 1 heteroatoms. The van der Waals surface area contributed by atoms with E-state index >= 15 is 0 Å². The maximum absolute atomic E-state index is 5.85. The highest BCUT2D eigenvalue weighted by molar-refractivity contribution is 5.11. The summed E-state index contributed by atoms with van der Waals surface area (Å²) < 4.78 is 0. The Bertz CT molecular complexity index is 127. The van der Waals surface area contributed by atoms with Crippen LogP contribution < -0.4 is 5.73 Å². The zero-order valence-electron chi connectivity index (χ0n) is 6.22. The van der Waals surface area contributed by atoms with Gasteiger partial charge < -0.3 is 5.73 Å². The Kier molecular flexibility index (Phi) is 1.91. The summed E-state index contributed by atoms with van der Waals surface area (Å²) >= 11 is 0. The molecule has 0 saturated heterocycles. The average molecular weight is 125 g/mol. The quantitative estimate of drug-likeness (QED) is 0.490. The zero-order valence-corrected chi connectivity index (χ0v) is 6.22. The maximum atomic E-state index is 5.85. The summed E-state index contributed by atoms with van der Waals surface area (Å²) in [6.45, 7) is 4.35. The smallest absolute Gasteiger partial charge is 0.0277 e. The molecule has 0 amide bonds. The van der Waals surface area contributed by atoms with E-state index in [1.165, 1.54) is 18.4 Å². The first-order valence-electron chi connectivity index (χ1n) is 3.64. The Hall–Kier alpha value is -0.300. The first kappa shape index (κ1) is 6.81. The van der Waals surface area contributed by atoms with Crippen LogP contribution in [-0.4, -0.2) is 6.04 Å². The van der Waals surface area contributed by atoms with E-state index in [9.17, 15) is 0 Å². The molecule has 1 rings (SSSR count). The van der Waals surface area contributed by atoms with E-state index in [1.807, 2.05) is 0 Å². The predicted octanol–water partition coefficient (Wildman–Crippen LogP) is 1.69. The van der Waals surface area contributed by atoms with Crippen LogP contribution in [0.5, 0.6) is 0 Å². The van der Waals surface area contributed by atoms with Crippen molar-refractivity contribution in [2.24, 2.45) is 11.7 Å². The van der Waals surface area contributed by atoms with Crippen molar-refractivity contribution in [2.75, 3.05) is 0 Å². The Labute approximate surface area is 56.9 Å². The maximum Gasteiger partial charge on any atom is 0.0277 e. The van der Waals surface area contributed by atoms with Crippen molar-refractivity contribution in [2.45, 2.75) is 32.7 Å². The lowest BCUT2D eigenvalue weighted by atomic mass is 9.87. The summed E-state index contributed by atoms with van der Waals surface area (Å²) in [5, 5.41) is 0.